The molecule has 5 heteroatoms. The van der Waals surface area contributed by atoms with Crippen molar-refractivity contribution in [3.8, 4) is 0 Å². The summed E-state index contributed by atoms with van der Waals surface area (Å²) in [6.45, 7) is 3.87. The maximum atomic E-state index is 11.7. The highest BCUT2D eigenvalue weighted by molar-refractivity contribution is 7.89. The van der Waals surface area contributed by atoms with Crippen molar-refractivity contribution >= 4 is 10.0 Å². The maximum Gasteiger partial charge on any atom is 0.211 e. The lowest BCUT2D eigenvalue weighted by Crippen LogP contribution is -2.32. The molecule has 0 aliphatic carbocycles. The molecule has 0 aliphatic heterocycles. The zero-order valence-corrected chi connectivity index (χ0v) is 11.7. The average molecular weight is 271 g/mol. The minimum Gasteiger partial charge on any atom is -0.387 e. The van der Waals surface area contributed by atoms with E-state index in [1.54, 1.807) is 12.1 Å². The van der Waals surface area contributed by atoms with Crippen LogP contribution in [0.3, 0.4) is 0 Å². The smallest absolute Gasteiger partial charge is 0.211 e. The molecule has 102 valence electrons. The van der Waals surface area contributed by atoms with E-state index in [1.165, 1.54) is 0 Å². The highest BCUT2D eigenvalue weighted by atomic mass is 32.2. The number of benzene rings is 1. The molecule has 18 heavy (non-hydrogen) atoms. The number of hydrogen-bond donors (Lipinski definition) is 2. The lowest BCUT2D eigenvalue weighted by molar-refractivity contribution is 0.182. The SMILES string of the molecule is CC[C@@H](C)CS(=O)(=O)NC[C@@H](O)c1ccccc1. The minimum absolute atomic E-state index is 0.0166. The second-order valence-corrected chi connectivity index (χ2v) is 6.42. The predicted molar refractivity (Wildman–Crippen MR) is 72.6 cm³/mol. The molecule has 0 spiro atoms. The molecular weight excluding hydrogens is 250 g/mol. The van der Waals surface area contributed by atoms with Crippen LogP contribution in [0.5, 0.6) is 0 Å². The molecule has 2 atom stereocenters. The van der Waals surface area contributed by atoms with Crippen molar-refractivity contribution in [2.24, 2.45) is 5.92 Å². The van der Waals surface area contributed by atoms with Crippen molar-refractivity contribution in [3.05, 3.63) is 35.9 Å². The standard InChI is InChI=1S/C13H21NO3S/c1-3-11(2)10-18(16,17)14-9-13(15)12-7-5-4-6-8-12/h4-8,11,13-15H,3,9-10H2,1-2H3/t11-,13-/m1/s1. The van der Waals surface area contributed by atoms with Crippen molar-refractivity contribution < 1.29 is 13.5 Å². The van der Waals surface area contributed by atoms with Gasteiger partial charge in [-0.2, -0.15) is 0 Å². The van der Waals surface area contributed by atoms with Gasteiger partial charge in [-0.25, -0.2) is 13.1 Å². The summed E-state index contributed by atoms with van der Waals surface area (Å²) in [5.41, 5.74) is 0.712. The van der Waals surface area contributed by atoms with E-state index < -0.39 is 16.1 Å². The van der Waals surface area contributed by atoms with Crippen molar-refractivity contribution in [2.75, 3.05) is 12.3 Å². The Morgan fingerprint density at radius 1 is 1.28 bits per heavy atom. The fraction of sp³-hybridized carbons (Fsp3) is 0.538. The maximum absolute atomic E-state index is 11.7. The van der Waals surface area contributed by atoms with Crippen LogP contribution in [0.1, 0.15) is 31.9 Å². The van der Waals surface area contributed by atoms with Crippen LogP contribution in [-0.2, 0) is 10.0 Å². The van der Waals surface area contributed by atoms with E-state index >= 15 is 0 Å². The first-order chi connectivity index (χ1) is 8.44. The third-order valence-corrected chi connectivity index (χ3v) is 4.50. The molecular formula is C13H21NO3S. The Morgan fingerprint density at radius 2 is 1.89 bits per heavy atom. The van der Waals surface area contributed by atoms with Crippen molar-refractivity contribution in [3.63, 3.8) is 0 Å². The molecule has 1 rings (SSSR count). The van der Waals surface area contributed by atoms with Gasteiger partial charge in [0.25, 0.3) is 0 Å². The van der Waals surface area contributed by atoms with E-state index in [2.05, 4.69) is 4.72 Å². The minimum atomic E-state index is -3.31. The van der Waals surface area contributed by atoms with Gasteiger partial charge in [0.15, 0.2) is 0 Å². The Kier molecular flexibility index (Phi) is 5.78. The van der Waals surface area contributed by atoms with Crippen LogP contribution in [0.15, 0.2) is 30.3 Å². The number of hydrogen-bond acceptors (Lipinski definition) is 3. The molecule has 0 saturated heterocycles. The van der Waals surface area contributed by atoms with Gasteiger partial charge in [0.2, 0.25) is 10.0 Å². The summed E-state index contributed by atoms with van der Waals surface area (Å²) in [6, 6.07) is 9.02. The second-order valence-electron chi connectivity index (χ2n) is 4.57. The van der Waals surface area contributed by atoms with E-state index in [0.717, 1.165) is 6.42 Å². The number of aliphatic hydroxyl groups excluding tert-OH is 1. The number of nitrogens with one attached hydrogen (secondary N) is 1. The van der Waals surface area contributed by atoms with Crippen LogP contribution in [0.4, 0.5) is 0 Å². The molecule has 0 heterocycles. The Morgan fingerprint density at radius 3 is 2.44 bits per heavy atom. The largest absolute Gasteiger partial charge is 0.387 e. The number of sulfonamides is 1. The second kappa shape index (κ2) is 6.87. The molecule has 4 nitrogen and oxygen atoms in total. The summed E-state index contributed by atoms with van der Waals surface area (Å²) in [6.07, 6.45) is 0.0141. The normalized spacial score (nSPS) is 15.3. The predicted octanol–water partition coefficient (Wildman–Crippen LogP) is 1.69. The Hall–Kier alpha value is -0.910. The number of rotatable bonds is 7. The highest BCUT2D eigenvalue weighted by Crippen LogP contribution is 2.11. The quantitative estimate of drug-likeness (QED) is 0.793. The molecule has 0 amide bonds. The van der Waals surface area contributed by atoms with Crippen molar-refractivity contribution in [1.29, 1.82) is 0 Å². The van der Waals surface area contributed by atoms with Gasteiger partial charge >= 0.3 is 0 Å². The Bertz CT molecular complexity index is 445. The van der Waals surface area contributed by atoms with Gasteiger partial charge in [-0.15, -0.1) is 0 Å². The molecule has 1 aromatic rings. The lowest BCUT2D eigenvalue weighted by atomic mass is 10.1. The summed E-state index contributed by atoms with van der Waals surface area (Å²) in [4.78, 5) is 0. The van der Waals surface area contributed by atoms with Crippen LogP contribution in [-0.4, -0.2) is 25.8 Å². The molecule has 2 N–H and O–H groups in total. The monoisotopic (exact) mass is 271 g/mol. The van der Waals surface area contributed by atoms with E-state index in [-0.39, 0.29) is 18.2 Å². The molecule has 0 unspecified atom stereocenters. The van der Waals surface area contributed by atoms with E-state index in [9.17, 15) is 13.5 Å². The summed E-state index contributed by atoms with van der Waals surface area (Å²) < 4.78 is 25.9. The highest BCUT2D eigenvalue weighted by Gasteiger charge is 2.16. The zero-order valence-electron chi connectivity index (χ0n) is 10.8. The lowest BCUT2D eigenvalue weighted by Gasteiger charge is -2.14. The molecule has 0 aliphatic rings. The van der Waals surface area contributed by atoms with Crippen LogP contribution < -0.4 is 4.72 Å². The molecule has 1 aromatic carbocycles. The van der Waals surface area contributed by atoms with Crippen molar-refractivity contribution in [1.82, 2.24) is 4.72 Å². The summed E-state index contributed by atoms with van der Waals surface area (Å²) in [5.74, 6) is 0.224. The van der Waals surface area contributed by atoms with Crippen LogP contribution >= 0.6 is 0 Å². The van der Waals surface area contributed by atoms with Gasteiger partial charge in [0, 0.05) is 6.54 Å². The molecule has 0 radical (unpaired) electrons. The van der Waals surface area contributed by atoms with Crippen molar-refractivity contribution in [2.45, 2.75) is 26.4 Å². The first-order valence-electron chi connectivity index (χ1n) is 6.15. The van der Waals surface area contributed by atoms with Gasteiger partial charge in [-0.1, -0.05) is 50.6 Å². The first-order valence-corrected chi connectivity index (χ1v) is 7.80. The van der Waals surface area contributed by atoms with E-state index in [0.29, 0.717) is 5.56 Å². The van der Waals surface area contributed by atoms with Crippen LogP contribution in [0.25, 0.3) is 0 Å². The summed E-state index contributed by atoms with van der Waals surface area (Å²) in [5, 5.41) is 9.85. The topological polar surface area (TPSA) is 66.4 Å². The van der Waals surface area contributed by atoms with E-state index in [4.69, 9.17) is 0 Å². The Labute approximate surface area is 109 Å². The average Bonchev–Trinajstić information content (AvgIpc) is 2.36. The summed E-state index contributed by atoms with van der Waals surface area (Å²) in [7, 11) is -3.31. The molecule has 0 fully saturated rings. The van der Waals surface area contributed by atoms with Crippen LogP contribution in [0, 0.1) is 5.92 Å². The first kappa shape index (κ1) is 15.1. The van der Waals surface area contributed by atoms with Gasteiger partial charge in [-0.3, -0.25) is 0 Å². The summed E-state index contributed by atoms with van der Waals surface area (Å²) >= 11 is 0. The number of aliphatic hydroxyl groups is 1. The third kappa shape index (κ3) is 5.16. The third-order valence-electron chi connectivity index (χ3n) is 2.88. The zero-order chi connectivity index (χ0) is 13.6. The van der Waals surface area contributed by atoms with Crippen LogP contribution in [0.2, 0.25) is 0 Å². The van der Waals surface area contributed by atoms with Gasteiger partial charge in [0.05, 0.1) is 11.9 Å². The Balaban J connectivity index is 2.50. The van der Waals surface area contributed by atoms with Gasteiger partial charge in [-0.05, 0) is 11.5 Å². The fourth-order valence-electron chi connectivity index (χ4n) is 1.55. The molecule has 0 bridgehead atoms. The van der Waals surface area contributed by atoms with E-state index in [1.807, 2.05) is 32.0 Å². The van der Waals surface area contributed by atoms with Gasteiger partial charge in [0.1, 0.15) is 0 Å². The fourth-order valence-corrected chi connectivity index (χ4v) is 3.06. The molecule has 0 aromatic heterocycles. The van der Waals surface area contributed by atoms with Gasteiger partial charge < -0.3 is 5.11 Å². The molecule has 0 saturated carbocycles.